The van der Waals surface area contributed by atoms with Gasteiger partial charge in [-0.25, -0.2) is 0 Å². The normalized spacial score (nSPS) is 17.0. The number of carbonyl (C=O) groups excluding carboxylic acids is 3. The van der Waals surface area contributed by atoms with Crippen molar-refractivity contribution in [2.45, 2.75) is 26.4 Å². The molecule has 2 aliphatic heterocycles. The van der Waals surface area contributed by atoms with Crippen LogP contribution in [-0.2, 0) is 17.9 Å². The van der Waals surface area contributed by atoms with Gasteiger partial charge in [-0.05, 0) is 37.2 Å². The second-order valence-electron chi connectivity index (χ2n) is 8.74. The first-order valence-corrected chi connectivity index (χ1v) is 11.1. The second-order valence-corrected chi connectivity index (χ2v) is 8.74. The molecule has 2 aliphatic rings. The van der Waals surface area contributed by atoms with Crippen molar-refractivity contribution >= 4 is 17.7 Å². The number of amides is 3. The number of hydrogen-bond donors (Lipinski definition) is 1. The summed E-state index contributed by atoms with van der Waals surface area (Å²) in [6.45, 7) is 7.61. The lowest BCUT2D eigenvalue weighted by atomic mass is 10.1. The first-order chi connectivity index (χ1) is 15.4. The number of fused-ring (bicyclic) bond motifs is 1. The van der Waals surface area contributed by atoms with Crippen LogP contribution >= 0.6 is 0 Å². The third kappa shape index (κ3) is 5.06. The molecule has 168 valence electrons. The monoisotopic (exact) mass is 434 g/mol. The summed E-state index contributed by atoms with van der Waals surface area (Å²) < 4.78 is 0. The minimum Gasteiger partial charge on any atom is -0.352 e. The zero-order valence-electron chi connectivity index (χ0n) is 18.8. The fourth-order valence-corrected chi connectivity index (χ4v) is 4.21. The molecule has 0 aromatic heterocycles. The van der Waals surface area contributed by atoms with Crippen LogP contribution in [-0.4, -0.2) is 72.2 Å². The zero-order chi connectivity index (χ0) is 22.7. The van der Waals surface area contributed by atoms with Crippen molar-refractivity contribution in [2.24, 2.45) is 0 Å². The molecule has 1 saturated heterocycles. The molecule has 1 fully saturated rings. The van der Waals surface area contributed by atoms with E-state index in [4.69, 9.17) is 0 Å². The number of imide groups is 1. The standard InChI is InChI=1S/C25H30N4O3/c1-18-6-7-21-22(14-18)25(32)29(24(21)31)9-8-23(30)26-16-19-4-3-5-20(15-19)17-28-12-10-27(2)11-13-28/h3-7,14-15H,8-13,16-17H2,1-2H3,(H,26,30). The van der Waals surface area contributed by atoms with Crippen LogP contribution in [0.5, 0.6) is 0 Å². The molecule has 0 spiro atoms. The molecule has 2 aromatic rings. The maximum absolute atomic E-state index is 12.5. The Bertz CT molecular complexity index is 1030. The Labute approximate surface area is 189 Å². The van der Waals surface area contributed by atoms with Gasteiger partial charge in [-0.1, -0.05) is 35.9 Å². The van der Waals surface area contributed by atoms with Gasteiger partial charge in [0.1, 0.15) is 0 Å². The van der Waals surface area contributed by atoms with Crippen molar-refractivity contribution in [3.63, 3.8) is 0 Å². The van der Waals surface area contributed by atoms with Crippen LogP contribution in [0.25, 0.3) is 0 Å². The van der Waals surface area contributed by atoms with Gasteiger partial charge in [0.05, 0.1) is 11.1 Å². The summed E-state index contributed by atoms with van der Waals surface area (Å²) in [6.07, 6.45) is 0.0887. The number of benzene rings is 2. The summed E-state index contributed by atoms with van der Waals surface area (Å²) in [5.74, 6) is -0.824. The lowest BCUT2D eigenvalue weighted by Crippen LogP contribution is -2.43. The van der Waals surface area contributed by atoms with Crippen LogP contribution in [0.15, 0.2) is 42.5 Å². The van der Waals surface area contributed by atoms with Crippen molar-refractivity contribution in [2.75, 3.05) is 39.8 Å². The molecule has 32 heavy (non-hydrogen) atoms. The first-order valence-electron chi connectivity index (χ1n) is 11.1. The van der Waals surface area contributed by atoms with Crippen LogP contribution in [0.3, 0.4) is 0 Å². The van der Waals surface area contributed by atoms with E-state index < -0.39 is 0 Å². The van der Waals surface area contributed by atoms with Crippen molar-refractivity contribution in [3.8, 4) is 0 Å². The number of likely N-dealkylation sites (N-methyl/N-ethyl adjacent to an activating group) is 1. The second kappa shape index (κ2) is 9.63. The van der Waals surface area contributed by atoms with Gasteiger partial charge in [0.15, 0.2) is 0 Å². The fourth-order valence-electron chi connectivity index (χ4n) is 4.21. The van der Waals surface area contributed by atoms with Crippen LogP contribution < -0.4 is 5.32 Å². The van der Waals surface area contributed by atoms with Crippen LogP contribution in [0, 0.1) is 6.92 Å². The average molecular weight is 435 g/mol. The Balaban J connectivity index is 1.26. The summed E-state index contributed by atoms with van der Waals surface area (Å²) in [5.41, 5.74) is 4.05. The summed E-state index contributed by atoms with van der Waals surface area (Å²) in [5, 5.41) is 2.91. The maximum Gasteiger partial charge on any atom is 0.261 e. The smallest absolute Gasteiger partial charge is 0.261 e. The van der Waals surface area contributed by atoms with Crippen molar-refractivity contribution < 1.29 is 14.4 Å². The average Bonchev–Trinajstić information content (AvgIpc) is 3.02. The van der Waals surface area contributed by atoms with Gasteiger partial charge >= 0.3 is 0 Å². The van der Waals surface area contributed by atoms with Crippen molar-refractivity contribution in [1.29, 1.82) is 0 Å². The number of aryl methyl sites for hydroxylation is 1. The molecule has 4 rings (SSSR count). The summed E-state index contributed by atoms with van der Waals surface area (Å²) >= 11 is 0. The largest absolute Gasteiger partial charge is 0.352 e. The number of carbonyl (C=O) groups is 3. The highest BCUT2D eigenvalue weighted by molar-refractivity contribution is 6.21. The number of nitrogens with zero attached hydrogens (tertiary/aromatic N) is 3. The quantitative estimate of drug-likeness (QED) is 0.676. The molecule has 1 N–H and O–H groups in total. The third-order valence-electron chi connectivity index (χ3n) is 6.17. The maximum atomic E-state index is 12.5. The minimum absolute atomic E-state index is 0.0840. The molecular weight excluding hydrogens is 404 g/mol. The van der Waals surface area contributed by atoms with E-state index in [1.165, 1.54) is 10.5 Å². The molecular formula is C25H30N4O3. The molecule has 7 heteroatoms. The van der Waals surface area contributed by atoms with Crippen molar-refractivity contribution in [3.05, 3.63) is 70.3 Å². The highest BCUT2D eigenvalue weighted by Gasteiger charge is 2.35. The summed E-state index contributed by atoms with van der Waals surface area (Å²) in [7, 11) is 2.15. The fraction of sp³-hybridized carbons (Fsp3) is 0.400. The highest BCUT2D eigenvalue weighted by atomic mass is 16.2. The Kier molecular flexibility index (Phi) is 6.67. The highest BCUT2D eigenvalue weighted by Crippen LogP contribution is 2.24. The van der Waals surface area contributed by atoms with Gasteiger partial charge < -0.3 is 10.2 Å². The number of hydrogen-bond acceptors (Lipinski definition) is 5. The third-order valence-corrected chi connectivity index (χ3v) is 6.17. The predicted molar refractivity (Wildman–Crippen MR) is 122 cm³/mol. The van der Waals surface area contributed by atoms with Crippen LogP contribution in [0.2, 0.25) is 0 Å². The van der Waals surface area contributed by atoms with Gasteiger partial charge in [-0.2, -0.15) is 0 Å². The van der Waals surface area contributed by atoms with Gasteiger partial charge in [-0.15, -0.1) is 0 Å². The van der Waals surface area contributed by atoms with E-state index in [1.54, 1.807) is 12.1 Å². The molecule has 0 atom stereocenters. The van der Waals surface area contributed by atoms with Gasteiger partial charge in [-0.3, -0.25) is 24.2 Å². The molecule has 0 aliphatic carbocycles. The van der Waals surface area contributed by atoms with Gasteiger partial charge in [0, 0.05) is 52.2 Å². The predicted octanol–water partition coefficient (Wildman–Crippen LogP) is 2.04. The zero-order valence-corrected chi connectivity index (χ0v) is 18.8. The molecule has 0 radical (unpaired) electrons. The van der Waals surface area contributed by atoms with E-state index in [0.717, 1.165) is 43.9 Å². The van der Waals surface area contributed by atoms with E-state index in [1.807, 2.05) is 25.1 Å². The SMILES string of the molecule is Cc1ccc2c(c1)C(=O)N(CCC(=O)NCc1cccc(CN3CCN(C)CC3)c1)C2=O. The Morgan fingerprint density at radius 1 is 0.938 bits per heavy atom. The Morgan fingerprint density at radius 3 is 2.44 bits per heavy atom. The molecule has 2 heterocycles. The van der Waals surface area contributed by atoms with E-state index in [-0.39, 0.29) is 30.7 Å². The Hall–Kier alpha value is -3.03. The molecule has 0 unspecified atom stereocenters. The number of nitrogens with one attached hydrogen (secondary N) is 1. The summed E-state index contributed by atoms with van der Waals surface area (Å²) in [6, 6.07) is 13.5. The molecule has 7 nitrogen and oxygen atoms in total. The van der Waals surface area contributed by atoms with E-state index >= 15 is 0 Å². The minimum atomic E-state index is -0.325. The molecule has 2 aromatic carbocycles. The van der Waals surface area contributed by atoms with E-state index in [0.29, 0.717) is 17.7 Å². The number of rotatable bonds is 7. The first kappa shape index (κ1) is 22.2. The van der Waals surface area contributed by atoms with Crippen LogP contribution in [0.4, 0.5) is 0 Å². The van der Waals surface area contributed by atoms with Crippen LogP contribution in [0.1, 0.15) is 43.8 Å². The van der Waals surface area contributed by atoms with Gasteiger partial charge in [0.25, 0.3) is 11.8 Å². The van der Waals surface area contributed by atoms with E-state index in [9.17, 15) is 14.4 Å². The Morgan fingerprint density at radius 2 is 1.66 bits per heavy atom. The molecule has 0 saturated carbocycles. The van der Waals surface area contributed by atoms with Crippen molar-refractivity contribution in [1.82, 2.24) is 20.0 Å². The number of piperazine rings is 1. The van der Waals surface area contributed by atoms with Gasteiger partial charge in [0.2, 0.25) is 5.91 Å². The lowest BCUT2D eigenvalue weighted by Gasteiger charge is -2.32. The van der Waals surface area contributed by atoms with E-state index in [2.05, 4.69) is 34.3 Å². The molecule has 0 bridgehead atoms. The molecule has 3 amide bonds. The summed E-state index contributed by atoms with van der Waals surface area (Å²) in [4.78, 5) is 43.4. The topological polar surface area (TPSA) is 73.0 Å². The lowest BCUT2D eigenvalue weighted by molar-refractivity contribution is -0.121.